The molecule has 1 N–H and O–H groups in total. The van der Waals surface area contributed by atoms with E-state index in [4.69, 9.17) is 10.1 Å². The van der Waals surface area contributed by atoms with Crippen LogP contribution in [0.15, 0.2) is 24.5 Å². The SMILES string of the molecule is O=C(O)C1CN(c2nc(-c3cccnc3)nc3c2CCC3)C1. The van der Waals surface area contributed by atoms with E-state index in [1.807, 2.05) is 12.1 Å². The van der Waals surface area contributed by atoms with Crippen LogP contribution in [0.1, 0.15) is 17.7 Å². The molecule has 1 fully saturated rings. The highest BCUT2D eigenvalue weighted by Gasteiger charge is 2.36. The molecular formula is C16H16N4O2. The lowest BCUT2D eigenvalue weighted by Crippen LogP contribution is -2.51. The number of aliphatic carboxylic acids is 1. The van der Waals surface area contributed by atoms with Crippen molar-refractivity contribution >= 4 is 11.8 Å². The fraction of sp³-hybridized carbons (Fsp3) is 0.375. The zero-order valence-corrected chi connectivity index (χ0v) is 12.1. The number of hydrogen-bond acceptors (Lipinski definition) is 5. The summed E-state index contributed by atoms with van der Waals surface area (Å²) in [5.74, 6) is 0.588. The number of hydrogen-bond donors (Lipinski definition) is 1. The van der Waals surface area contributed by atoms with Crippen LogP contribution in [0.5, 0.6) is 0 Å². The summed E-state index contributed by atoms with van der Waals surface area (Å²) in [5, 5.41) is 9.06. The molecule has 2 aromatic rings. The second kappa shape index (κ2) is 5.05. The molecule has 22 heavy (non-hydrogen) atoms. The molecule has 0 unspecified atom stereocenters. The van der Waals surface area contributed by atoms with E-state index in [0.717, 1.165) is 36.3 Å². The fourth-order valence-electron chi connectivity index (χ4n) is 3.11. The molecule has 0 aromatic carbocycles. The van der Waals surface area contributed by atoms with E-state index in [1.165, 1.54) is 5.56 Å². The van der Waals surface area contributed by atoms with Gasteiger partial charge in [0.05, 0.1) is 5.92 Å². The monoisotopic (exact) mass is 296 g/mol. The summed E-state index contributed by atoms with van der Waals surface area (Å²) in [6.07, 6.45) is 6.52. The largest absolute Gasteiger partial charge is 0.481 e. The highest BCUT2D eigenvalue weighted by Crippen LogP contribution is 2.34. The average molecular weight is 296 g/mol. The molecule has 0 bridgehead atoms. The van der Waals surface area contributed by atoms with E-state index in [2.05, 4.69) is 14.9 Å². The molecule has 6 nitrogen and oxygen atoms in total. The maximum Gasteiger partial charge on any atom is 0.310 e. The summed E-state index contributed by atoms with van der Waals surface area (Å²) in [4.78, 5) is 26.6. The lowest BCUT2D eigenvalue weighted by Gasteiger charge is -2.38. The first-order chi connectivity index (χ1) is 10.7. The zero-order valence-electron chi connectivity index (χ0n) is 12.1. The van der Waals surface area contributed by atoms with E-state index in [1.54, 1.807) is 12.4 Å². The van der Waals surface area contributed by atoms with Crippen molar-refractivity contribution < 1.29 is 9.90 Å². The van der Waals surface area contributed by atoms with Crippen molar-refractivity contribution in [2.75, 3.05) is 18.0 Å². The van der Waals surface area contributed by atoms with Gasteiger partial charge in [0.25, 0.3) is 0 Å². The molecule has 1 aliphatic heterocycles. The third kappa shape index (κ3) is 2.11. The molecule has 0 saturated carbocycles. The van der Waals surface area contributed by atoms with Crippen molar-refractivity contribution in [2.24, 2.45) is 5.92 Å². The number of carboxylic acid groups (broad SMARTS) is 1. The van der Waals surface area contributed by atoms with Gasteiger partial charge in [-0.2, -0.15) is 0 Å². The number of pyridine rings is 1. The van der Waals surface area contributed by atoms with Gasteiger partial charge in [-0.15, -0.1) is 0 Å². The van der Waals surface area contributed by atoms with Crippen LogP contribution in [0.3, 0.4) is 0 Å². The standard InChI is InChI=1S/C16H16N4O2/c21-16(22)11-8-20(9-11)15-12-4-1-5-13(12)18-14(19-15)10-3-2-6-17-7-10/h2-3,6-7,11H,1,4-5,8-9H2,(H,21,22). The Labute approximate surface area is 127 Å². The molecule has 4 rings (SSSR count). The smallest absolute Gasteiger partial charge is 0.310 e. The molecule has 0 amide bonds. The van der Waals surface area contributed by atoms with Crippen LogP contribution in [-0.2, 0) is 17.6 Å². The summed E-state index contributed by atoms with van der Waals surface area (Å²) >= 11 is 0. The van der Waals surface area contributed by atoms with Crippen molar-refractivity contribution in [3.05, 3.63) is 35.8 Å². The number of anilines is 1. The van der Waals surface area contributed by atoms with Crippen LogP contribution >= 0.6 is 0 Å². The van der Waals surface area contributed by atoms with Gasteiger partial charge in [0.15, 0.2) is 5.82 Å². The van der Waals surface area contributed by atoms with Crippen LogP contribution in [0, 0.1) is 5.92 Å². The van der Waals surface area contributed by atoms with E-state index in [0.29, 0.717) is 18.9 Å². The Bertz CT molecular complexity index is 726. The summed E-state index contributed by atoms with van der Waals surface area (Å²) in [6.45, 7) is 1.07. The number of aromatic nitrogens is 3. The highest BCUT2D eigenvalue weighted by atomic mass is 16.4. The van der Waals surface area contributed by atoms with Gasteiger partial charge in [-0.3, -0.25) is 9.78 Å². The minimum Gasteiger partial charge on any atom is -0.481 e. The minimum atomic E-state index is -0.727. The van der Waals surface area contributed by atoms with Crippen molar-refractivity contribution in [2.45, 2.75) is 19.3 Å². The third-order valence-electron chi connectivity index (χ3n) is 4.36. The number of carboxylic acids is 1. The van der Waals surface area contributed by atoms with Gasteiger partial charge in [-0.05, 0) is 31.4 Å². The highest BCUT2D eigenvalue weighted by molar-refractivity contribution is 5.75. The summed E-state index contributed by atoms with van der Waals surface area (Å²) in [6, 6.07) is 3.82. The molecule has 6 heteroatoms. The van der Waals surface area contributed by atoms with E-state index in [-0.39, 0.29) is 5.92 Å². The second-order valence-corrected chi connectivity index (χ2v) is 5.83. The quantitative estimate of drug-likeness (QED) is 0.925. The topological polar surface area (TPSA) is 79.2 Å². The predicted molar refractivity (Wildman–Crippen MR) is 80.6 cm³/mol. The molecule has 0 atom stereocenters. The van der Waals surface area contributed by atoms with Crippen molar-refractivity contribution in [1.29, 1.82) is 0 Å². The van der Waals surface area contributed by atoms with E-state index < -0.39 is 5.97 Å². The number of aryl methyl sites for hydroxylation is 1. The summed E-state index contributed by atoms with van der Waals surface area (Å²) < 4.78 is 0. The number of fused-ring (bicyclic) bond motifs is 1. The van der Waals surface area contributed by atoms with Crippen molar-refractivity contribution in [1.82, 2.24) is 15.0 Å². The van der Waals surface area contributed by atoms with Crippen LogP contribution in [-0.4, -0.2) is 39.1 Å². The molecule has 3 heterocycles. The lowest BCUT2D eigenvalue weighted by molar-refractivity contribution is -0.142. The molecule has 2 aromatic heterocycles. The van der Waals surface area contributed by atoms with Gasteiger partial charge < -0.3 is 10.0 Å². The van der Waals surface area contributed by atoms with E-state index >= 15 is 0 Å². The maximum atomic E-state index is 11.0. The Morgan fingerprint density at radius 2 is 2.14 bits per heavy atom. The molecule has 0 radical (unpaired) electrons. The first kappa shape index (κ1) is 13.2. The summed E-state index contributed by atoms with van der Waals surface area (Å²) in [7, 11) is 0. The third-order valence-corrected chi connectivity index (χ3v) is 4.36. The first-order valence-electron chi connectivity index (χ1n) is 7.50. The van der Waals surface area contributed by atoms with Gasteiger partial charge in [0.2, 0.25) is 0 Å². The van der Waals surface area contributed by atoms with Gasteiger partial charge in [0.1, 0.15) is 5.82 Å². The Balaban J connectivity index is 1.72. The second-order valence-electron chi connectivity index (χ2n) is 5.83. The van der Waals surface area contributed by atoms with Crippen LogP contribution in [0.4, 0.5) is 5.82 Å². The normalized spacial score (nSPS) is 17.2. The summed E-state index contributed by atoms with van der Waals surface area (Å²) in [5.41, 5.74) is 3.19. The molecule has 112 valence electrons. The van der Waals surface area contributed by atoms with Gasteiger partial charge in [0, 0.05) is 42.3 Å². The molecule has 1 saturated heterocycles. The molecule has 1 aliphatic carbocycles. The number of nitrogens with zero attached hydrogens (tertiary/aromatic N) is 4. The Kier molecular flexibility index (Phi) is 3.03. The Morgan fingerprint density at radius 3 is 2.86 bits per heavy atom. The Hall–Kier alpha value is -2.50. The Morgan fingerprint density at radius 1 is 1.27 bits per heavy atom. The minimum absolute atomic E-state index is 0.283. The van der Waals surface area contributed by atoms with E-state index in [9.17, 15) is 4.79 Å². The predicted octanol–water partition coefficient (Wildman–Crippen LogP) is 1.55. The molecular weight excluding hydrogens is 280 g/mol. The van der Waals surface area contributed by atoms with Gasteiger partial charge in [-0.25, -0.2) is 9.97 Å². The molecule has 2 aliphatic rings. The zero-order chi connectivity index (χ0) is 15.1. The fourth-order valence-corrected chi connectivity index (χ4v) is 3.11. The van der Waals surface area contributed by atoms with Gasteiger partial charge in [-0.1, -0.05) is 0 Å². The van der Waals surface area contributed by atoms with Crippen LogP contribution in [0.2, 0.25) is 0 Å². The van der Waals surface area contributed by atoms with Crippen molar-refractivity contribution in [3.8, 4) is 11.4 Å². The average Bonchev–Trinajstić information content (AvgIpc) is 2.94. The first-order valence-corrected chi connectivity index (χ1v) is 7.50. The van der Waals surface area contributed by atoms with Crippen LogP contribution in [0.25, 0.3) is 11.4 Å². The van der Waals surface area contributed by atoms with Crippen molar-refractivity contribution in [3.63, 3.8) is 0 Å². The van der Waals surface area contributed by atoms with Crippen LogP contribution < -0.4 is 4.90 Å². The maximum absolute atomic E-state index is 11.0. The lowest BCUT2D eigenvalue weighted by atomic mass is 9.99. The van der Waals surface area contributed by atoms with Gasteiger partial charge >= 0.3 is 5.97 Å². The number of rotatable bonds is 3. The number of carbonyl (C=O) groups is 1. The molecule has 0 spiro atoms.